The van der Waals surface area contributed by atoms with Gasteiger partial charge in [0.1, 0.15) is 24.3 Å². The van der Waals surface area contributed by atoms with Crippen molar-refractivity contribution in [2.75, 3.05) is 37.7 Å². The fourth-order valence-corrected chi connectivity index (χ4v) is 4.03. The normalized spacial score (nSPS) is 18.5. The van der Waals surface area contributed by atoms with Gasteiger partial charge in [-0.2, -0.15) is 10.2 Å². The molecule has 3 aromatic heterocycles. The number of nitrogens with zero attached hydrogens (tertiary/aromatic N) is 7. The highest BCUT2D eigenvalue weighted by molar-refractivity contribution is 5.41. The van der Waals surface area contributed by atoms with Gasteiger partial charge in [0.2, 0.25) is 5.88 Å². The maximum Gasteiger partial charge on any atom is 0.215 e. The molecule has 0 amide bonds. The molecule has 0 saturated carbocycles. The largest absolute Gasteiger partial charge is 0.471 e. The molecule has 0 aliphatic carbocycles. The minimum Gasteiger partial charge on any atom is -0.471 e. The van der Waals surface area contributed by atoms with E-state index in [1.165, 1.54) is 0 Å². The number of ether oxygens (including phenoxy) is 2. The van der Waals surface area contributed by atoms with E-state index in [1.54, 1.807) is 18.3 Å². The van der Waals surface area contributed by atoms with Crippen LogP contribution in [0.25, 0.3) is 0 Å². The van der Waals surface area contributed by atoms with Crippen LogP contribution in [-0.2, 0) is 24.4 Å². The van der Waals surface area contributed by atoms with Crippen LogP contribution in [0.5, 0.6) is 5.88 Å². The van der Waals surface area contributed by atoms with Crippen LogP contribution in [0.2, 0.25) is 0 Å². The van der Waals surface area contributed by atoms with Gasteiger partial charge in [-0.1, -0.05) is 6.07 Å². The number of nitriles is 1. The maximum absolute atomic E-state index is 8.88. The molecular weight excluding hydrogens is 418 g/mol. The summed E-state index contributed by atoms with van der Waals surface area (Å²) in [6.45, 7) is 6.65. The van der Waals surface area contributed by atoms with Crippen molar-refractivity contribution in [3.8, 4) is 11.9 Å². The summed E-state index contributed by atoms with van der Waals surface area (Å²) in [6, 6.07) is 11.4. The van der Waals surface area contributed by atoms with Crippen LogP contribution < -0.4 is 9.64 Å². The van der Waals surface area contributed by atoms with Crippen molar-refractivity contribution in [1.29, 1.82) is 5.26 Å². The minimum absolute atomic E-state index is 0.314. The van der Waals surface area contributed by atoms with E-state index in [-0.39, 0.29) is 0 Å². The molecule has 2 aliphatic heterocycles. The molecule has 5 heterocycles. The van der Waals surface area contributed by atoms with Gasteiger partial charge in [-0.25, -0.2) is 4.98 Å². The van der Waals surface area contributed by atoms with E-state index in [0.717, 1.165) is 69.6 Å². The summed E-state index contributed by atoms with van der Waals surface area (Å²) in [5.74, 6) is 2.59. The van der Waals surface area contributed by atoms with Crippen LogP contribution in [0, 0.1) is 11.3 Å². The lowest BCUT2D eigenvalue weighted by atomic mass is 10.2. The Morgan fingerprint density at radius 1 is 1.12 bits per heavy atom. The van der Waals surface area contributed by atoms with Gasteiger partial charge in [-0.15, -0.1) is 0 Å². The van der Waals surface area contributed by atoms with Gasteiger partial charge in [0, 0.05) is 57.4 Å². The molecular formula is C24H27N7O2. The van der Waals surface area contributed by atoms with Crippen molar-refractivity contribution >= 4 is 5.82 Å². The molecule has 2 aliphatic rings. The zero-order valence-electron chi connectivity index (χ0n) is 18.5. The van der Waals surface area contributed by atoms with E-state index in [4.69, 9.17) is 14.7 Å². The van der Waals surface area contributed by atoms with E-state index >= 15 is 0 Å². The quantitative estimate of drug-likeness (QED) is 0.521. The second-order valence-electron chi connectivity index (χ2n) is 8.31. The summed E-state index contributed by atoms with van der Waals surface area (Å²) in [7, 11) is 0. The number of hydrogen-bond acceptors (Lipinski definition) is 8. The average Bonchev–Trinajstić information content (AvgIpc) is 3.27. The van der Waals surface area contributed by atoms with E-state index in [1.807, 2.05) is 24.4 Å². The van der Waals surface area contributed by atoms with E-state index in [9.17, 15) is 0 Å². The Bertz CT molecular complexity index is 1100. The number of anilines is 1. The summed E-state index contributed by atoms with van der Waals surface area (Å²) in [4.78, 5) is 18.2. The van der Waals surface area contributed by atoms with Crippen molar-refractivity contribution in [3.63, 3.8) is 0 Å². The van der Waals surface area contributed by atoms with E-state index in [0.29, 0.717) is 24.2 Å². The molecule has 3 aromatic rings. The van der Waals surface area contributed by atoms with Crippen LogP contribution in [0.4, 0.5) is 5.82 Å². The molecule has 5 rings (SSSR count). The van der Waals surface area contributed by atoms with Crippen molar-refractivity contribution in [2.24, 2.45) is 0 Å². The Morgan fingerprint density at radius 3 is 2.73 bits per heavy atom. The molecule has 0 radical (unpaired) electrons. The van der Waals surface area contributed by atoms with Gasteiger partial charge in [0.25, 0.3) is 0 Å². The van der Waals surface area contributed by atoms with Gasteiger partial charge in [0.15, 0.2) is 0 Å². The molecule has 0 spiro atoms. The highest BCUT2D eigenvalue weighted by Gasteiger charge is 2.22. The summed E-state index contributed by atoms with van der Waals surface area (Å²) in [5, 5.41) is 8.88. The molecule has 9 nitrogen and oxygen atoms in total. The number of imidazole rings is 1. The fourth-order valence-electron chi connectivity index (χ4n) is 4.03. The molecule has 2 saturated heterocycles. The minimum atomic E-state index is 0.314. The maximum atomic E-state index is 8.88. The van der Waals surface area contributed by atoms with Crippen LogP contribution in [0.3, 0.4) is 0 Å². The highest BCUT2D eigenvalue weighted by Crippen LogP contribution is 2.20. The molecule has 1 atom stereocenters. The van der Waals surface area contributed by atoms with Crippen molar-refractivity contribution < 1.29 is 9.47 Å². The summed E-state index contributed by atoms with van der Waals surface area (Å²) in [5.41, 5.74) is 1.30. The number of piperazine rings is 1. The lowest BCUT2D eigenvalue weighted by Gasteiger charge is -2.35. The molecule has 9 heteroatoms. The molecule has 170 valence electrons. The summed E-state index contributed by atoms with van der Waals surface area (Å²) >= 11 is 0. The molecule has 0 aromatic carbocycles. The second kappa shape index (κ2) is 9.98. The van der Waals surface area contributed by atoms with Gasteiger partial charge in [-0.05, 0) is 24.6 Å². The first kappa shape index (κ1) is 21.4. The Hall–Kier alpha value is -3.48. The summed E-state index contributed by atoms with van der Waals surface area (Å²) in [6.07, 6.45) is 6.96. The third-order valence-electron chi connectivity index (χ3n) is 6.09. The first-order valence-corrected chi connectivity index (χ1v) is 11.3. The highest BCUT2D eigenvalue weighted by atomic mass is 16.5. The van der Waals surface area contributed by atoms with Crippen LogP contribution in [-0.4, -0.2) is 63.3 Å². The molecule has 0 bridgehead atoms. The number of aromatic nitrogens is 4. The number of hydrogen-bond donors (Lipinski definition) is 0. The topological polar surface area (TPSA) is 92.3 Å². The first-order chi connectivity index (χ1) is 16.3. The standard InChI is InChI=1S/C24H27N7O2/c25-14-19-4-5-20(27-15-19)18-33-24-3-1-2-22(28-24)30-11-9-29(10-12-30)17-23-26-7-8-31(23)16-21-6-13-32-21/h1-5,7-8,15,21H,6,9-13,16-18H2/t21-/m0/s1. The lowest BCUT2D eigenvalue weighted by molar-refractivity contribution is -0.0597. The summed E-state index contributed by atoms with van der Waals surface area (Å²) < 4.78 is 13.6. The van der Waals surface area contributed by atoms with Gasteiger partial charge in [-0.3, -0.25) is 9.88 Å². The molecule has 0 N–H and O–H groups in total. The van der Waals surface area contributed by atoms with Gasteiger partial charge < -0.3 is 18.9 Å². The van der Waals surface area contributed by atoms with Crippen molar-refractivity contribution in [1.82, 2.24) is 24.4 Å². The molecule has 0 unspecified atom stereocenters. The first-order valence-electron chi connectivity index (χ1n) is 11.3. The van der Waals surface area contributed by atoms with Crippen LogP contribution >= 0.6 is 0 Å². The lowest BCUT2D eigenvalue weighted by Crippen LogP contribution is -2.46. The third kappa shape index (κ3) is 5.30. The number of pyridine rings is 2. The Kier molecular flexibility index (Phi) is 6.46. The Balaban J connectivity index is 1.13. The average molecular weight is 446 g/mol. The van der Waals surface area contributed by atoms with E-state index < -0.39 is 0 Å². The van der Waals surface area contributed by atoms with Crippen LogP contribution in [0.15, 0.2) is 48.9 Å². The second-order valence-corrected chi connectivity index (χ2v) is 8.31. The van der Waals surface area contributed by atoms with Crippen LogP contribution in [0.1, 0.15) is 23.5 Å². The zero-order valence-corrected chi connectivity index (χ0v) is 18.5. The third-order valence-corrected chi connectivity index (χ3v) is 6.09. The monoisotopic (exact) mass is 445 g/mol. The zero-order chi connectivity index (χ0) is 22.5. The smallest absolute Gasteiger partial charge is 0.215 e. The van der Waals surface area contributed by atoms with Gasteiger partial charge >= 0.3 is 0 Å². The SMILES string of the molecule is N#Cc1ccc(COc2cccc(N3CCN(Cc4nccn4C[C@@H]4CCO4)CC3)n2)nc1. The predicted octanol–water partition coefficient (Wildman–Crippen LogP) is 2.23. The number of rotatable bonds is 8. The Labute approximate surface area is 193 Å². The van der Waals surface area contributed by atoms with Crippen molar-refractivity contribution in [2.45, 2.75) is 32.2 Å². The molecule has 2 fully saturated rings. The predicted molar refractivity (Wildman–Crippen MR) is 122 cm³/mol. The van der Waals surface area contributed by atoms with Crippen molar-refractivity contribution in [3.05, 3.63) is 66.0 Å². The molecule has 33 heavy (non-hydrogen) atoms. The Morgan fingerprint density at radius 2 is 2.00 bits per heavy atom. The van der Waals surface area contributed by atoms with Gasteiger partial charge in [0.05, 0.1) is 30.5 Å². The van der Waals surface area contributed by atoms with E-state index in [2.05, 4.69) is 41.6 Å². The fraction of sp³-hybridized carbons (Fsp3) is 0.417.